The van der Waals surface area contributed by atoms with Gasteiger partial charge in [-0.3, -0.25) is 9.69 Å². The molecule has 2 aromatic rings. The van der Waals surface area contributed by atoms with E-state index in [1.54, 1.807) is 37.3 Å². The molecule has 0 N–H and O–H groups in total. The number of halogens is 1. The number of benzene rings is 2. The van der Waals surface area contributed by atoms with E-state index in [9.17, 15) is 9.59 Å². The van der Waals surface area contributed by atoms with Gasteiger partial charge in [0.15, 0.2) is 0 Å². The van der Waals surface area contributed by atoms with Gasteiger partial charge >= 0.3 is 5.97 Å². The molecular weight excluding hydrogens is 376 g/mol. The second-order valence-electron chi connectivity index (χ2n) is 6.61. The molecule has 0 fully saturated rings. The third-order valence-corrected chi connectivity index (χ3v) is 4.85. The fourth-order valence-corrected chi connectivity index (χ4v) is 3.24. The molecule has 0 radical (unpaired) electrons. The van der Waals surface area contributed by atoms with Gasteiger partial charge in [-0.05, 0) is 55.0 Å². The van der Waals surface area contributed by atoms with Gasteiger partial charge in [-0.1, -0.05) is 23.7 Å². The number of allylic oxidation sites excluding steroid dienone is 1. The molecule has 0 unspecified atom stereocenters. The maximum absolute atomic E-state index is 13.2. The van der Waals surface area contributed by atoms with Crippen molar-refractivity contribution in [1.29, 1.82) is 0 Å². The zero-order chi connectivity index (χ0) is 20.4. The summed E-state index contributed by atoms with van der Waals surface area (Å²) in [6, 6.07) is 14.6. The van der Waals surface area contributed by atoms with Crippen molar-refractivity contribution in [3.8, 4) is 0 Å². The van der Waals surface area contributed by atoms with Gasteiger partial charge in [-0.2, -0.15) is 0 Å². The van der Waals surface area contributed by atoms with E-state index in [0.717, 1.165) is 11.3 Å². The Morgan fingerprint density at radius 2 is 1.68 bits per heavy atom. The molecule has 0 saturated heterocycles. The van der Waals surface area contributed by atoms with Crippen LogP contribution in [0.3, 0.4) is 0 Å². The predicted molar refractivity (Wildman–Crippen MR) is 112 cm³/mol. The fraction of sp³-hybridized carbons (Fsp3) is 0.182. The van der Waals surface area contributed by atoms with Crippen LogP contribution in [0.25, 0.3) is 6.08 Å². The Balaban J connectivity index is 2.07. The molecule has 5 nitrogen and oxygen atoms in total. The lowest BCUT2D eigenvalue weighted by atomic mass is 10.0. The number of carbonyl (C=O) groups excluding carboxylic acids is 2. The smallest absolute Gasteiger partial charge is 0.340 e. The number of carbonyl (C=O) groups is 2. The summed E-state index contributed by atoms with van der Waals surface area (Å²) in [6.45, 7) is 1.73. The minimum atomic E-state index is -0.543. The largest absolute Gasteiger partial charge is 0.465 e. The van der Waals surface area contributed by atoms with Crippen molar-refractivity contribution in [3.05, 3.63) is 76.0 Å². The molecule has 3 rings (SSSR count). The van der Waals surface area contributed by atoms with E-state index in [2.05, 4.69) is 0 Å². The third-order valence-electron chi connectivity index (χ3n) is 4.59. The van der Waals surface area contributed by atoms with E-state index in [1.165, 1.54) is 12.0 Å². The summed E-state index contributed by atoms with van der Waals surface area (Å²) in [5.74, 6) is -0.824. The molecule has 0 saturated carbocycles. The average molecular weight is 397 g/mol. The maximum Gasteiger partial charge on any atom is 0.340 e. The summed E-state index contributed by atoms with van der Waals surface area (Å²) in [4.78, 5) is 29.1. The molecule has 1 amide bonds. The summed E-state index contributed by atoms with van der Waals surface area (Å²) in [5.41, 5.74) is 3.59. The number of nitrogens with zero attached hydrogens (tertiary/aromatic N) is 2. The normalized spacial score (nSPS) is 15.4. The quantitative estimate of drug-likeness (QED) is 0.571. The molecule has 1 aliphatic rings. The van der Waals surface area contributed by atoms with Crippen LogP contribution in [-0.2, 0) is 14.3 Å². The van der Waals surface area contributed by atoms with Crippen LogP contribution in [0.15, 0.2) is 65.4 Å². The number of anilines is 2. The molecule has 28 heavy (non-hydrogen) atoms. The molecule has 0 aliphatic carbocycles. The number of hydrogen-bond acceptors (Lipinski definition) is 4. The molecule has 0 spiro atoms. The number of ether oxygens (including phenoxy) is 1. The van der Waals surface area contributed by atoms with Crippen molar-refractivity contribution in [2.75, 3.05) is 31.0 Å². The third kappa shape index (κ3) is 3.66. The van der Waals surface area contributed by atoms with E-state index in [4.69, 9.17) is 16.3 Å². The van der Waals surface area contributed by atoms with Crippen LogP contribution in [0.4, 0.5) is 11.4 Å². The Kier molecular flexibility index (Phi) is 5.56. The maximum atomic E-state index is 13.2. The summed E-state index contributed by atoms with van der Waals surface area (Å²) in [7, 11) is 5.22. The summed E-state index contributed by atoms with van der Waals surface area (Å²) >= 11 is 5.96. The van der Waals surface area contributed by atoms with E-state index in [-0.39, 0.29) is 11.5 Å². The second-order valence-corrected chi connectivity index (χ2v) is 7.05. The summed E-state index contributed by atoms with van der Waals surface area (Å²) in [6.07, 6.45) is 1.72. The Labute approximate surface area is 169 Å². The van der Waals surface area contributed by atoms with Crippen LogP contribution < -0.4 is 9.80 Å². The summed E-state index contributed by atoms with van der Waals surface area (Å²) < 4.78 is 4.93. The van der Waals surface area contributed by atoms with Crippen LogP contribution in [0.1, 0.15) is 12.5 Å². The number of hydrogen-bond donors (Lipinski definition) is 0. The average Bonchev–Trinajstić information content (AvgIpc) is 2.92. The van der Waals surface area contributed by atoms with Gasteiger partial charge in [0, 0.05) is 36.2 Å². The van der Waals surface area contributed by atoms with E-state index in [0.29, 0.717) is 22.0 Å². The molecule has 1 heterocycles. The van der Waals surface area contributed by atoms with Crippen LogP contribution in [-0.4, -0.2) is 33.1 Å². The highest BCUT2D eigenvalue weighted by Gasteiger charge is 2.37. The van der Waals surface area contributed by atoms with Crippen molar-refractivity contribution in [1.82, 2.24) is 0 Å². The van der Waals surface area contributed by atoms with Gasteiger partial charge in [-0.15, -0.1) is 0 Å². The molecule has 6 heteroatoms. The van der Waals surface area contributed by atoms with Crippen LogP contribution in [0.5, 0.6) is 0 Å². The zero-order valence-corrected chi connectivity index (χ0v) is 16.9. The monoisotopic (exact) mass is 396 g/mol. The summed E-state index contributed by atoms with van der Waals surface area (Å²) in [5, 5.41) is 0.571. The first-order valence-electron chi connectivity index (χ1n) is 8.72. The lowest BCUT2D eigenvalue weighted by Gasteiger charge is -2.18. The molecule has 1 aliphatic heterocycles. The van der Waals surface area contributed by atoms with Crippen LogP contribution >= 0.6 is 11.6 Å². The minimum Gasteiger partial charge on any atom is -0.465 e. The van der Waals surface area contributed by atoms with Crippen LogP contribution in [0, 0.1) is 0 Å². The van der Waals surface area contributed by atoms with Crippen molar-refractivity contribution in [2.24, 2.45) is 0 Å². The fourth-order valence-electron chi connectivity index (χ4n) is 3.12. The SMILES string of the molecule is COC(=O)C1=C(C)N(c2ccc(Cl)cc2)C(=O)/C1=C/c1ccc(N(C)C)cc1. The molecule has 0 atom stereocenters. The topological polar surface area (TPSA) is 49.9 Å². The van der Waals surface area contributed by atoms with Crippen molar-refractivity contribution in [2.45, 2.75) is 6.92 Å². The van der Waals surface area contributed by atoms with Gasteiger partial charge in [0.2, 0.25) is 0 Å². The first kappa shape index (κ1) is 19.7. The van der Waals surface area contributed by atoms with E-state index < -0.39 is 5.97 Å². The number of methoxy groups -OCH3 is 1. The first-order chi connectivity index (χ1) is 13.3. The molecule has 0 aromatic heterocycles. The predicted octanol–water partition coefficient (Wildman–Crippen LogP) is 4.28. The Bertz CT molecular complexity index is 974. The Morgan fingerprint density at radius 1 is 1.07 bits per heavy atom. The molecular formula is C22H21ClN2O3. The van der Waals surface area contributed by atoms with Crippen molar-refractivity contribution >= 4 is 40.9 Å². The highest BCUT2D eigenvalue weighted by molar-refractivity contribution is 6.30. The van der Waals surface area contributed by atoms with Crippen molar-refractivity contribution in [3.63, 3.8) is 0 Å². The Hall–Kier alpha value is -3.05. The highest BCUT2D eigenvalue weighted by atomic mass is 35.5. The second kappa shape index (κ2) is 7.90. The highest BCUT2D eigenvalue weighted by Crippen LogP contribution is 2.35. The molecule has 2 aromatic carbocycles. The number of esters is 1. The van der Waals surface area contributed by atoms with E-state index in [1.807, 2.05) is 43.3 Å². The zero-order valence-electron chi connectivity index (χ0n) is 16.2. The lowest BCUT2D eigenvalue weighted by molar-refractivity contribution is -0.136. The number of amides is 1. The lowest BCUT2D eigenvalue weighted by Crippen LogP contribution is -2.24. The van der Waals surface area contributed by atoms with Crippen LogP contribution in [0.2, 0.25) is 5.02 Å². The van der Waals surface area contributed by atoms with E-state index >= 15 is 0 Å². The van der Waals surface area contributed by atoms with Gasteiger partial charge in [0.1, 0.15) is 0 Å². The Morgan fingerprint density at radius 3 is 2.21 bits per heavy atom. The van der Waals surface area contributed by atoms with Gasteiger partial charge in [-0.25, -0.2) is 4.79 Å². The first-order valence-corrected chi connectivity index (χ1v) is 9.10. The minimum absolute atomic E-state index is 0.263. The van der Waals surface area contributed by atoms with Gasteiger partial charge in [0.25, 0.3) is 5.91 Å². The van der Waals surface area contributed by atoms with Gasteiger partial charge in [0.05, 0.1) is 18.3 Å². The van der Waals surface area contributed by atoms with Crippen molar-refractivity contribution < 1.29 is 14.3 Å². The number of rotatable bonds is 4. The molecule has 0 bridgehead atoms. The van der Waals surface area contributed by atoms with Gasteiger partial charge < -0.3 is 9.64 Å². The molecule has 144 valence electrons. The standard InChI is InChI=1S/C22H21ClN2O3/c1-14-20(22(27)28-4)19(13-15-5-9-17(10-6-15)24(2)3)21(26)25(14)18-11-7-16(23)8-12-18/h5-13H,1-4H3/b19-13+.